The highest BCUT2D eigenvalue weighted by atomic mass is 16.5. The van der Waals surface area contributed by atoms with Gasteiger partial charge in [-0.15, -0.1) is 0 Å². The van der Waals surface area contributed by atoms with Crippen molar-refractivity contribution >= 4 is 22.8 Å². The van der Waals surface area contributed by atoms with Gasteiger partial charge in [-0.2, -0.15) is 0 Å². The number of nitrogens with one attached hydrogen (secondary N) is 2. The van der Waals surface area contributed by atoms with Crippen LogP contribution in [0.1, 0.15) is 28.1 Å². The zero-order valence-corrected chi connectivity index (χ0v) is 16.0. The molecule has 0 aliphatic carbocycles. The van der Waals surface area contributed by atoms with Gasteiger partial charge in [-0.3, -0.25) is 20.4 Å². The van der Waals surface area contributed by atoms with E-state index < -0.39 is 5.91 Å². The van der Waals surface area contributed by atoms with E-state index in [2.05, 4.69) is 10.9 Å². The molecule has 0 saturated carbocycles. The molecule has 2 aromatic carbocycles. The Morgan fingerprint density at radius 3 is 2.50 bits per heavy atom. The van der Waals surface area contributed by atoms with E-state index in [1.54, 1.807) is 33.3 Å². The SMILES string of the molecule is COc1cccc(CCC(=O)NNC(=O)c2oc3ccccc3c2C)c1OC. The van der Waals surface area contributed by atoms with Crippen LogP contribution in [0.25, 0.3) is 11.0 Å². The number of ether oxygens (including phenoxy) is 2. The Kier molecular flexibility index (Phi) is 5.84. The maximum absolute atomic E-state index is 12.3. The molecule has 28 heavy (non-hydrogen) atoms. The van der Waals surface area contributed by atoms with Gasteiger partial charge in [0.2, 0.25) is 5.91 Å². The lowest BCUT2D eigenvalue weighted by molar-refractivity contribution is -0.121. The van der Waals surface area contributed by atoms with Gasteiger partial charge in [-0.1, -0.05) is 30.3 Å². The lowest BCUT2D eigenvalue weighted by atomic mass is 10.1. The summed E-state index contributed by atoms with van der Waals surface area (Å²) in [6.45, 7) is 1.80. The summed E-state index contributed by atoms with van der Waals surface area (Å²) in [5.74, 6) is 0.553. The average molecular weight is 382 g/mol. The first-order valence-electron chi connectivity index (χ1n) is 8.82. The fourth-order valence-electron chi connectivity index (χ4n) is 3.04. The molecule has 0 atom stereocenters. The molecular weight excluding hydrogens is 360 g/mol. The minimum atomic E-state index is -0.499. The number of carbonyl (C=O) groups excluding carboxylic acids is 2. The van der Waals surface area contributed by atoms with Crippen molar-refractivity contribution in [3.8, 4) is 11.5 Å². The van der Waals surface area contributed by atoms with Gasteiger partial charge in [-0.05, 0) is 31.0 Å². The first kappa shape index (κ1) is 19.3. The van der Waals surface area contributed by atoms with Gasteiger partial charge in [0.1, 0.15) is 5.58 Å². The summed E-state index contributed by atoms with van der Waals surface area (Å²) in [5, 5.41) is 0.865. The number of hydrogen-bond donors (Lipinski definition) is 2. The van der Waals surface area contributed by atoms with E-state index in [0.717, 1.165) is 16.5 Å². The number of para-hydroxylation sites is 2. The second-order valence-electron chi connectivity index (χ2n) is 6.21. The van der Waals surface area contributed by atoms with Crippen molar-refractivity contribution in [3.05, 3.63) is 59.4 Å². The second-order valence-corrected chi connectivity index (χ2v) is 6.21. The summed E-state index contributed by atoms with van der Waals surface area (Å²) < 4.78 is 16.2. The van der Waals surface area contributed by atoms with Gasteiger partial charge in [0.15, 0.2) is 17.3 Å². The first-order chi connectivity index (χ1) is 13.5. The van der Waals surface area contributed by atoms with Crippen molar-refractivity contribution < 1.29 is 23.5 Å². The average Bonchev–Trinajstić information content (AvgIpc) is 3.06. The molecule has 3 rings (SSSR count). The van der Waals surface area contributed by atoms with E-state index in [1.807, 2.05) is 30.3 Å². The van der Waals surface area contributed by atoms with Crippen LogP contribution in [0.5, 0.6) is 11.5 Å². The monoisotopic (exact) mass is 382 g/mol. The van der Waals surface area contributed by atoms with Crippen molar-refractivity contribution in [1.29, 1.82) is 0 Å². The molecule has 7 heteroatoms. The summed E-state index contributed by atoms with van der Waals surface area (Å²) >= 11 is 0. The number of benzene rings is 2. The van der Waals surface area contributed by atoms with Crippen LogP contribution in [0.3, 0.4) is 0 Å². The van der Waals surface area contributed by atoms with Crippen LogP contribution in [-0.2, 0) is 11.2 Å². The normalized spacial score (nSPS) is 10.5. The fourth-order valence-corrected chi connectivity index (χ4v) is 3.04. The number of furan rings is 1. The summed E-state index contributed by atoms with van der Waals surface area (Å²) in [7, 11) is 3.11. The van der Waals surface area contributed by atoms with Crippen molar-refractivity contribution in [2.24, 2.45) is 0 Å². The molecule has 7 nitrogen and oxygen atoms in total. The molecule has 1 aromatic heterocycles. The van der Waals surface area contributed by atoms with Gasteiger partial charge in [0.05, 0.1) is 14.2 Å². The van der Waals surface area contributed by atoms with Crippen LogP contribution < -0.4 is 20.3 Å². The number of hydrogen-bond acceptors (Lipinski definition) is 5. The zero-order chi connectivity index (χ0) is 20.1. The largest absolute Gasteiger partial charge is 0.493 e. The highest BCUT2D eigenvalue weighted by Gasteiger charge is 2.18. The summed E-state index contributed by atoms with van der Waals surface area (Å²) in [4.78, 5) is 24.5. The number of rotatable bonds is 6. The van der Waals surface area contributed by atoms with Crippen LogP contribution in [0.15, 0.2) is 46.9 Å². The third-order valence-corrected chi connectivity index (χ3v) is 4.47. The molecule has 1 heterocycles. The molecule has 0 unspecified atom stereocenters. The van der Waals surface area contributed by atoms with Crippen LogP contribution in [0.2, 0.25) is 0 Å². The Morgan fingerprint density at radius 1 is 1.00 bits per heavy atom. The third kappa shape index (κ3) is 3.93. The molecule has 0 saturated heterocycles. The van der Waals surface area contributed by atoms with Crippen molar-refractivity contribution in [2.75, 3.05) is 14.2 Å². The van der Waals surface area contributed by atoms with E-state index in [1.165, 1.54) is 0 Å². The zero-order valence-electron chi connectivity index (χ0n) is 16.0. The molecule has 0 spiro atoms. The minimum absolute atomic E-state index is 0.170. The van der Waals surface area contributed by atoms with Gasteiger partial charge < -0.3 is 13.9 Å². The maximum atomic E-state index is 12.3. The van der Waals surface area contributed by atoms with E-state index in [0.29, 0.717) is 23.5 Å². The fraction of sp³-hybridized carbons (Fsp3) is 0.238. The van der Waals surface area contributed by atoms with Crippen molar-refractivity contribution in [2.45, 2.75) is 19.8 Å². The first-order valence-corrected chi connectivity index (χ1v) is 8.82. The molecular formula is C21H22N2O5. The molecule has 2 N–H and O–H groups in total. The Hall–Kier alpha value is -3.48. The minimum Gasteiger partial charge on any atom is -0.493 e. The van der Waals surface area contributed by atoms with Gasteiger partial charge in [-0.25, -0.2) is 0 Å². The Bertz CT molecular complexity index is 1010. The summed E-state index contributed by atoms with van der Waals surface area (Å²) in [6.07, 6.45) is 0.606. The predicted octanol–water partition coefficient (Wildman–Crippen LogP) is 3.15. The smallest absolute Gasteiger partial charge is 0.305 e. The molecule has 0 aliphatic rings. The highest BCUT2D eigenvalue weighted by Crippen LogP contribution is 2.31. The predicted molar refractivity (Wildman–Crippen MR) is 104 cm³/mol. The topological polar surface area (TPSA) is 89.8 Å². The van der Waals surface area contributed by atoms with E-state index in [9.17, 15) is 9.59 Å². The summed E-state index contributed by atoms with van der Waals surface area (Å²) in [5.41, 5.74) is 7.01. The standard InChI is InChI=1S/C21H22N2O5/c1-13-15-8-4-5-9-16(15)28-19(13)21(25)23-22-18(24)12-11-14-7-6-10-17(26-2)20(14)27-3/h4-10H,11-12H2,1-3H3,(H,22,24)(H,23,25). The third-order valence-electron chi connectivity index (χ3n) is 4.47. The lowest BCUT2D eigenvalue weighted by Crippen LogP contribution is -2.41. The number of fused-ring (bicyclic) bond motifs is 1. The molecule has 146 valence electrons. The van der Waals surface area contributed by atoms with Crippen molar-refractivity contribution in [1.82, 2.24) is 10.9 Å². The quantitative estimate of drug-likeness (QED) is 0.639. The molecule has 0 aliphatic heterocycles. The Balaban J connectivity index is 1.58. The van der Waals surface area contributed by atoms with Crippen LogP contribution in [0.4, 0.5) is 0 Å². The number of aryl methyl sites for hydroxylation is 2. The molecule has 3 aromatic rings. The van der Waals surface area contributed by atoms with Crippen LogP contribution in [0, 0.1) is 6.92 Å². The molecule has 2 amide bonds. The van der Waals surface area contributed by atoms with E-state index in [-0.39, 0.29) is 18.1 Å². The van der Waals surface area contributed by atoms with Crippen LogP contribution in [-0.4, -0.2) is 26.0 Å². The lowest BCUT2D eigenvalue weighted by Gasteiger charge is -2.12. The van der Waals surface area contributed by atoms with E-state index in [4.69, 9.17) is 13.9 Å². The second kappa shape index (κ2) is 8.47. The Labute approximate surface area is 162 Å². The maximum Gasteiger partial charge on any atom is 0.305 e. The van der Waals surface area contributed by atoms with Gasteiger partial charge in [0.25, 0.3) is 0 Å². The number of carbonyl (C=O) groups is 2. The number of amides is 2. The van der Waals surface area contributed by atoms with Gasteiger partial charge in [0, 0.05) is 17.4 Å². The Morgan fingerprint density at radius 2 is 1.79 bits per heavy atom. The number of hydrazine groups is 1. The molecule has 0 bridgehead atoms. The molecule has 0 fully saturated rings. The highest BCUT2D eigenvalue weighted by molar-refractivity contribution is 5.99. The summed E-state index contributed by atoms with van der Waals surface area (Å²) in [6, 6.07) is 12.9. The molecule has 0 radical (unpaired) electrons. The van der Waals surface area contributed by atoms with E-state index >= 15 is 0 Å². The van der Waals surface area contributed by atoms with Crippen molar-refractivity contribution in [3.63, 3.8) is 0 Å². The van der Waals surface area contributed by atoms with Crippen LogP contribution >= 0.6 is 0 Å². The number of methoxy groups -OCH3 is 2. The van der Waals surface area contributed by atoms with Gasteiger partial charge >= 0.3 is 5.91 Å².